The molecule has 0 N–H and O–H groups in total. The van der Waals surface area contributed by atoms with E-state index in [4.69, 9.17) is 5.26 Å². The zero-order valence-corrected chi connectivity index (χ0v) is 6.13. The normalized spacial score (nSPS) is 22.7. The smallest absolute Gasteiger partial charge is 0.876 e. The molecule has 1 atom stereocenters. The first-order chi connectivity index (χ1) is 4.33. The van der Waals surface area contributed by atoms with Crippen molar-refractivity contribution < 1.29 is 24.0 Å². The van der Waals surface area contributed by atoms with Crippen LogP contribution in [0.5, 0.6) is 0 Å². The third-order valence-corrected chi connectivity index (χ3v) is 1.54. The summed E-state index contributed by atoms with van der Waals surface area (Å²) in [4.78, 5) is 0. The molecule has 0 aromatic heterocycles. The molecule has 48 valence electrons. The summed E-state index contributed by atoms with van der Waals surface area (Å²) >= 11 is 0. The Morgan fingerprint density at radius 2 is 2.50 bits per heavy atom. The van der Waals surface area contributed by atoms with E-state index < -0.39 is 0 Å². The van der Waals surface area contributed by atoms with Crippen LogP contribution in [0.15, 0.2) is 11.8 Å². The molecular formula is C7H8LiNO. The van der Waals surface area contributed by atoms with Crippen molar-refractivity contribution in [1.29, 1.82) is 5.26 Å². The molecule has 0 aromatic rings. The van der Waals surface area contributed by atoms with E-state index in [1.54, 1.807) is 6.08 Å². The molecule has 0 saturated carbocycles. The fourth-order valence-corrected chi connectivity index (χ4v) is 1.04. The van der Waals surface area contributed by atoms with Gasteiger partial charge in [0.1, 0.15) is 0 Å². The molecule has 0 fully saturated rings. The van der Waals surface area contributed by atoms with Gasteiger partial charge in [0.2, 0.25) is 0 Å². The summed E-state index contributed by atoms with van der Waals surface area (Å²) in [6.07, 6.45) is 3.70. The zero-order valence-electron chi connectivity index (χ0n) is 6.13. The van der Waals surface area contributed by atoms with Crippen LogP contribution < -0.4 is 24.0 Å². The third-order valence-electron chi connectivity index (χ3n) is 1.54. The molecule has 1 unspecified atom stereocenters. The van der Waals surface area contributed by atoms with Gasteiger partial charge in [-0.1, -0.05) is 6.08 Å². The number of allylic oxidation sites excluding steroid dienone is 2. The molecule has 0 spiro atoms. The number of hydrogen-bond acceptors (Lipinski definition) is 2. The molecule has 1 rings (SSSR count). The van der Waals surface area contributed by atoms with Crippen LogP contribution in [0, 0.1) is 17.2 Å². The van der Waals surface area contributed by atoms with Gasteiger partial charge in [-0.3, -0.25) is 0 Å². The van der Waals surface area contributed by atoms with Crippen molar-refractivity contribution in [3.8, 4) is 6.07 Å². The fourth-order valence-electron chi connectivity index (χ4n) is 1.04. The summed E-state index contributed by atoms with van der Waals surface area (Å²) in [5.74, 6) is 0.456. The van der Waals surface area contributed by atoms with E-state index in [0.717, 1.165) is 6.42 Å². The monoisotopic (exact) mass is 129 g/mol. The second-order valence-electron chi connectivity index (χ2n) is 2.29. The van der Waals surface area contributed by atoms with Gasteiger partial charge in [-0.15, -0.1) is 5.76 Å². The van der Waals surface area contributed by atoms with Crippen molar-refractivity contribution in [3.63, 3.8) is 0 Å². The predicted octanol–water partition coefficient (Wildman–Crippen LogP) is -2.44. The van der Waals surface area contributed by atoms with Crippen molar-refractivity contribution in [1.82, 2.24) is 0 Å². The Morgan fingerprint density at radius 3 is 2.90 bits per heavy atom. The van der Waals surface area contributed by atoms with Gasteiger partial charge >= 0.3 is 18.9 Å². The maximum atomic E-state index is 10.6. The van der Waals surface area contributed by atoms with E-state index in [-0.39, 0.29) is 30.5 Å². The number of rotatable bonds is 1. The van der Waals surface area contributed by atoms with Crippen LogP contribution in [-0.2, 0) is 0 Å². The van der Waals surface area contributed by atoms with Crippen LogP contribution >= 0.6 is 0 Å². The quantitative estimate of drug-likeness (QED) is 0.369. The van der Waals surface area contributed by atoms with E-state index >= 15 is 0 Å². The number of hydrogen-bond donors (Lipinski definition) is 0. The van der Waals surface area contributed by atoms with Gasteiger partial charge in [0.05, 0.1) is 6.07 Å². The van der Waals surface area contributed by atoms with Crippen LogP contribution in [0.3, 0.4) is 0 Å². The standard InChI is InChI=1S/C7H9NO.Li/c8-4-3-6-1-2-7(9)5-6;/h5-6,9H,1-3H2;/q;+1/p-1. The minimum atomic E-state index is 0. The second-order valence-corrected chi connectivity index (χ2v) is 2.29. The molecule has 0 heterocycles. The predicted molar refractivity (Wildman–Crippen MR) is 31.0 cm³/mol. The van der Waals surface area contributed by atoms with Gasteiger partial charge < -0.3 is 5.11 Å². The Kier molecular flexibility index (Phi) is 4.28. The molecule has 2 nitrogen and oxygen atoms in total. The van der Waals surface area contributed by atoms with Crippen LogP contribution in [0.1, 0.15) is 19.3 Å². The van der Waals surface area contributed by atoms with Crippen molar-refractivity contribution in [2.75, 3.05) is 0 Å². The molecule has 0 radical (unpaired) electrons. The Hall–Kier alpha value is -0.373. The summed E-state index contributed by atoms with van der Waals surface area (Å²) in [6, 6.07) is 2.05. The van der Waals surface area contributed by atoms with E-state index in [0.29, 0.717) is 12.8 Å². The average Bonchev–Trinajstić information content (AvgIpc) is 2.17. The molecule has 0 bridgehead atoms. The van der Waals surface area contributed by atoms with Crippen molar-refractivity contribution >= 4 is 0 Å². The average molecular weight is 129 g/mol. The van der Waals surface area contributed by atoms with Crippen LogP contribution in [0.25, 0.3) is 0 Å². The third kappa shape index (κ3) is 2.48. The fraction of sp³-hybridized carbons (Fsp3) is 0.571. The molecule has 0 amide bonds. The first kappa shape index (κ1) is 9.63. The summed E-state index contributed by atoms with van der Waals surface area (Å²) in [5.41, 5.74) is 0. The minimum Gasteiger partial charge on any atom is -0.876 e. The van der Waals surface area contributed by atoms with Crippen LogP contribution in [0.4, 0.5) is 0 Å². The molecule has 1 aliphatic carbocycles. The maximum Gasteiger partial charge on any atom is 1.00 e. The summed E-state index contributed by atoms with van der Waals surface area (Å²) in [5, 5.41) is 18.8. The first-order valence-corrected chi connectivity index (χ1v) is 3.07. The molecule has 0 saturated heterocycles. The van der Waals surface area contributed by atoms with Gasteiger partial charge in [0, 0.05) is 6.42 Å². The van der Waals surface area contributed by atoms with E-state index in [2.05, 4.69) is 0 Å². The SMILES string of the molecule is N#CCC1C=C([O-])CC1.[Li+]. The summed E-state index contributed by atoms with van der Waals surface area (Å²) in [7, 11) is 0. The molecule has 10 heavy (non-hydrogen) atoms. The Balaban J connectivity index is 0.000000810. The Bertz CT molecular complexity index is 171. The molecular weight excluding hydrogens is 121 g/mol. The Morgan fingerprint density at radius 1 is 1.80 bits per heavy atom. The van der Waals surface area contributed by atoms with Gasteiger partial charge in [-0.2, -0.15) is 5.26 Å². The number of nitriles is 1. The van der Waals surface area contributed by atoms with E-state index in [1.807, 2.05) is 6.07 Å². The zero-order chi connectivity index (χ0) is 6.69. The van der Waals surface area contributed by atoms with Crippen LogP contribution in [-0.4, -0.2) is 0 Å². The molecule has 0 aromatic carbocycles. The molecule has 1 aliphatic rings. The topological polar surface area (TPSA) is 46.8 Å². The molecule has 3 heteroatoms. The van der Waals surface area contributed by atoms with Crippen LogP contribution in [0.2, 0.25) is 0 Å². The van der Waals surface area contributed by atoms with Gasteiger partial charge in [-0.05, 0) is 18.8 Å². The van der Waals surface area contributed by atoms with E-state index in [1.165, 1.54) is 0 Å². The first-order valence-electron chi connectivity index (χ1n) is 3.07. The van der Waals surface area contributed by atoms with E-state index in [9.17, 15) is 5.11 Å². The van der Waals surface area contributed by atoms with Crippen molar-refractivity contribution in [3.05, 3.63) is 11.8 Å². The minimum absolute atomic E-state index is 0. The summed E-state index contributed by atoms with van der Waals surface area (Å²) in [6.45, 7) is 0. The van der Waals surface area contributed by atoms with Gasteiger partial charge in [0.25, 0.3) is 0 Å². The van der Waals surface area contributed by atoms with Gasteiger partial charge in [0.15, 0.2) is 0 Å². The van der Waals surface area contributed by atoms with Crippen molar-refractivity contribution in [2.45, 2.75) is 19.3 Å². The largest absolute Gasteiger partial charge is 1.00 e. The van der Waals surface area contributed by atoms with Crippen molar-refractivity contribution in [2.24, 2.45) is 5.92 Å². The maximum absolute atomic E-state index is 10.6. The summed E-state index contributed by atoms with van der Waals surface area (Å²) < 4.78 is 0. The second kappa shape index (κ2) is 4.44. The van der Waals surface area contributed by atoms with Gasteiger partial charge in [-0.25, -0.2) is 0 Å². The number of nitrogens with zero attached hydrogens (tertiary/aromatic N) is 1. The Labute approximate surface area is 72.7 Å². The molecule has 0 aliphatic heterocycles.